The number of hydrogen-bond donors (Lipinski definition) is 2. The number of unbranched alkanes of at least 4 members (excludes halogenated alkanes) is 2. The maximum Gasteiger partial charge on any atom is 0.306 e. The molecule has 0 aliphatic heterocycles. The van der Waals surface area contributed by atoms with Crippen LogP contribution in [0.5, 0.6) is 0 Å². The van der Waals surface area contributed by atoms with E-state index in [1.165, 1.54) is 0 Å². The molecule has 4 aliphatic rings. The molecule has 2 N–H and O–H groups in total. The van der Waals surface area contributed by atoms with E-state index in [1.54, 1.807) is 0 Å². The minimum atomic E-state index is -0.895. The molecule has 0 amide bonds. The van der Waals surface area contributed by atoms with Crippen LogP contribution < -0.4 is 0 Å². The number of carbonyl (C=O) groups excluding carboxylic acids is 2. The normalized spacial score (nSPS) is 39.8. The van der Waals surface area contributed by atoms with Gasteiger partial charge in [-0.25, -0.2) is 0 Å². The van der Waals surface area contributed by atoms with E-state index in [4.69, 9.17) is 9.47 Å². The molecule has 10 atom stereocenters. The molecule has 0 spiro atoms. The van der Waals surface area contributed by atoms with Crippen LogP contribution in [-0.2, 0) is 19.1 Å². The summed E-state index contributed by atoms with van der Waals surface area (Å²) in [5, 5.41) is 22.5. The third-order valence-electron chi connectivity index (χ3n) is 14.6. The Morgan fingerprint density at radius 2 is 1.33 bits per heavy atom. The van der Waals surface area contributed by atoms with Crippen molar-refractivity contribution >= 4 is 11.9 Å². The average Bonchev–Trinajstić information content (AvgIpc) is 3.33. The topological polar surface area (TPSA) is 93.1 Å². The van der Waals surface area contributed by atoms with Gasteiger partial charge in [-0.3, -0.25) is 9.59 Å². The Labute approximate surface area is 281 Å². The van der Waals surface area contributed by atoms with Crippen LogP contribution in [0.4, 0.5) is 0 Å². The Morgan fingerprint density at radius 1 is 0.739 bits per heavy atom. The van der Waals surface area contributed by atoms with Crippen LogP contribution in [0, 0.1) is 45.3 Å². The van der Waals surface area contributed by atoms with Gasteiger partial charge in [0.2, 0.25) is 0 Å². The highest BCUT2D eigenvalue weighted by Crippen LogP contribution is 2.76. The van der Waals surface area contributed by atoms with Gasteiger partial charge in [-0.1, -0.05) is 61.3 Å². The summed E-state index contributed by atoms with van der Waals surface area (Å²) in [6, 6.07) is 0. The lowest BCUT2D eigenvalue weighted by molar-refractivity contribution is -0.253. The Hall–Kier alpha value is -1.14. The fourth-order valence-corrected chi connectivity index (χ4v) is 11.9. The summed E-state index contributed by atoms with van der Waals surface area (Å²) in [5.74, 6) is 0.781. The van der Waals surface area contributed by atoms with Gasteiger partial charge in [-0.15, -0.1) is 0 Å². The molecule has 0 heterocycles. The van der Waals surface area contributed by atoms with Gasteiger partial charge in [0.1, 0.15) is 12.2 Å². The minimum absolute atomic E-state index is 0.0399. The van der Waals surface area contributed by atoms with Crippen molar-refractivity contribution in [2.45, 2.75) is 195 Å². The third-order valence-corrected chi connectivity index (χ3v) is 14.6. The quantitative estimate of drug-likeness (QED) is 0.194. The fraction of sp³-hybridized carbons (Fsp3) is 0.950. The number of hydrogen-bond acceptors (Lipinski definition) is 6. The molecule has 4 fully saturated rings. The molecule has 0 radical (unpaired) electrons. The zero-order chi connectivity index (χ0) is 34.3. The van der Waals surface area contributed by atoms with Crippen LogP contribution in [0.2, 0.25) is 0 Å². The van der Waals surface area contributed by atoms with Crippen LogP contribution >= 0.6 is 0 Å². The number of ether oxygens (including phenoxy) is 2. The molecule has 4 saturated carbocycles. The standard InChI is InChI=1S/C40H70O6/c1-11-13-16-32(41)45-28-26-30-37(7)23-20-31(46-33(42)17-14-12-2)36(5,6)29(37)19-25-38(30,8)39(9)24-18-27(34(28)39)40(10,44)22-15-21-35(3,4)43/h27-31,34,43-44H,11-26H2,1-10H3/t27-,28+,29-,30+,31-,34-,37-,38+,39+,40+/m0/s1. The first-order chi connectivity index (χ1) is 21.3. The molecular weight excluding hydrogens is 576 g/mol. The lowest BCUT2D eigenvalue weighted by Crippen LogP contribution is -2.67. The van der Waals surface area contributed by atoms with Crippen molar-refractivity contribution in [3.63, 3.8) is 0 Å². The molecule has 46 heavy (non-hydrogen) atoms. The van der Waals surface area contributed by atoms with Crippen molar-refractivity contribution in [2.24, 2.45) is 45.3 Å². The lowest BCUT2D eigenvalue weighted by Gasteiger charge is -2.70. The molecule has 0 saturated heterocycles. The summed E-state index contributed by atoms with van der Waals surface area (Å²) in [6.07, 6.45) is 13.3. The van der Waals surface area contributed by atoms with Crippen molar-refractivity contribution in [1.82, 2.24) is 0 Å². The number of rotatable bonds is 13. The predicted octanol–water partition coefficient (Wildman–Crippen LogP) is 9.18. The fourth-order valence-electron chi connectivity index (χ4n) is 11.9. The van der Waals surface area contributed by atoms with Crippen molar-refractivity contribution in [2.75, 3.05) is 0 Å². The molecule has 0 unspecified atom stereocenters. The largest absolute Gasteiger partial charge is 0.462 e. The SMILES string of the molecule is CCCCC(=O)O[C@H]1CC[C@]2(C)[C@H]3C[C@@H](OC(=O)CCCC)[C@@H]4[C@@H]([C@](C)(O)CCCC(C)(C)O)CC[C@@]4(C)[C@]3(C)CC[C@H]2C1(C)C. The Morgan fingerprint density at radius 3 is 1.91 bits per heavy atom. The maximum atomic E-state index is 13.4. The van der Waals surface area contributed by atoms with Gasteiger partial charge in [0.05, 0.1) is 11.2 Å². The van der Waals surface area contributed by atoms with Gasteiger partial charge < -0.3 is 19.7 Å². The monoisotopic (exact) mass is 647 g/mol. The van der Waals surface area contributed by atoms with E-state index in [9.17, 15) is 19.8 Å². The molecule has 0 aromatic heterocycles. The second-order valence-electron chi connectivity index (χ2n) is 18.5. The zero-order valence-electron chi connectivity index (χ0n) is 31.3. The lowest BCUT2D eigenvalue weighted by atomic mass is 9.35. The van der Waals surface area contributed by atoms with Gasteiger partial charge in [-0.05, 0) is 132 Å². The summed E-state index contributed by atoms with van der Waals surface area (Å²) in [4.78, 5) is 26.2. The van der Waals surface area contributed by atoms with E-state index in [0.717, 1.165) is 77.0 Å². The third kappa shape index (κ3) is 6.96. The Bertz CT molecular complexity index is 1070. The van der Waals surface area contributed by atoms with E-state index >= 15 is 0 Å². The number of esters is 2. The molecule has 0 bridgehead atoms. The van der Waals surface area contributed by atoms with E-state index in [0.29, 0.717) is 37.5 Å². The van der Waals surface area contributed by atoms with Crippen molar-refractivity contribution < 1.29 is 29.3 Å². The maximum absolute atomic E-state index is 13.4. The van der Waals surface area contributed by atoms with Gasteiger partial charge in [0.15, 0.2) is 0 Å². The second kappa shape index (κ2) is 13.6. The van der Waals surface area contributed by atoms with E-state index in [-0.39, 0.29) is 57.6 Å². The van der Waals surface area contributed by atoms with Crippen molar-refractivity contribution in [3.8, 4) is 0 Å². The van der Waals surface area contributed by atoms with Crippen LogP contribution in [0.3, 0.4) is 0 Å². The molecule has 4 aliphatic carbocycles. The first kappa shape index (κ1) is 37.7. The molecular formula is C40H70O6. The summed E-state index contributed by atoms with van der Waals surface area (Å²) in [5.41, 5.74) is -1.76. The summed E-state index contributed by atoms with van der Waals surface area (Å²) in [6.45, 7) is 22.1. The second-order valence-corrected chi connectivity index (χ2v) is 18.5. The predicted molar refractivity (Wildman–Crippen MR) is 184 cm³/mol. The molecule has 4 rings (SSSR count). The highest BCUT2D eigenvalue weighted by atomic mass is 16.5. The first-order valence-corrected chi connectivity index (χ1v) is 19.1. The molecule has 6 heteroatoms. The Balaban J connectivity index is 1.67. The summed E-state index contributed by atoms with van der Waals surface area (Å²) < 4.78 is 12.8. The highest BCUT2D eigenvalue weighted by molar-refractivity contribution is 5.70. The van der Waals surface area contributed by atoms with Crippen molar-refractivity contribution in [3.05, 3.63) is 0 Å². The Kier molecular flexibility index (Phi) is 11.2. The van der Waals surface area contributed by atoms with Gasteiger partial charge in [0.25, 0.3) is 0 Å². The van der Waals surface area contributed by atoms with E-state index in [2.05, 4.69) is 48.5 Å². The molecule has 6 nitrogen and oxygen atoms in total. The average molecular weight is 647 g/mol. The van der Waals surface area contributed by atoms with Crippen LogP contribution in [0.25, 0.3) is 0 Å². The zero-order valence-corrected chi connectivity index (χ0v) is 31.3. The highest BCUT2D eigenvalue weighted by Gasteiger charge is 2.72. The van der Waals surface area contributed by atoms with Crippen LogP contribution in [0.15, 0.2) is 0 Å². The van der Waals surface area contributed by atoms with Gasteiger partial charge >= 0.3 is 11.9 Å². The number of aliphatic hydroxyl groups is 2. The first-order valence-electron chi connectivity index (χ1n) is 19.1. The summed E-state index contributed by atoms with van der Waals surface area (Å²) >= 11 is 0. The van der Waals surface area contributed by atoms with Crippen molar-refractivity contribution in [1.29, 1.82) is 0 Å². The number of carbonyl (C=O) groups is 2. The molecule has 266 valence electrons. The van der Waals surface area contributed by atoms with E-state index in [1.807, 2.05) is 20.8 Å². The smallest absolute Gasteiger partial charge is 0.306 e. The van der Waals surface area contributed by atoms with E-state index < -0.39 is 11.2 Å². The van der Waals surface area contributed by atoms with Gasteiger partial charge in [0, 0.05) is 24.2 Å². The minimum Gasteiger partial charge on any atom is -0.462 e. The summed E-state index contributed by atoms with van der Waals surface area (Å²) in [7, 11) is 0. The number of fused-ring (bicyclic) bond motifs is 5. The van der Waals surface area contributed by atoms with Gasteiger partial charge in [-0.2, -0.15) is 0 Å². The molecule has 0 aromatic rings. The van der Waals surface area contributed by atoms with Crippen LogP contribution in [0.1, 0.15) is 172 Å². The van der Waals surface area contributed by atoms with Crippen LogP contribution in [-0.4, -0.2) is 45.6 Å². The molecule has 0 aromatic carbocycles.